The van der Waals surface area contributed by atoms with Crippen molar-refractivity contribution >= 4 is 17.6 Å². The maximum atomic E-state index is 12.8. The van der Waals surface area contributed by atoms with E-state index >= 15 is 0 Å². The third kappa shape index (κ3) is 3.69. The number of oxime groups is 1. The molecule has 0 saturated heterocycles. The van der Waals surface area contributed by atoms with E-state index < -0.39 is 19.0 Å². The molecule has 0 heterocycles. The van der Waals surface area contributed by atoms with Gasteiger partial charge in [0.05, 0.1) is 5.56 Å². The number of alkyl halides is 4. The van der Waals surface area contributed by atoms with Crippen LogP contribution in [0.2, 0.25) is 0 Å². The highest BCUT2D eigenvalue weighted by atomic mass is 32.2. The Kier molecular flexibility index (Phi) is 5.49. The first-order valence-corrected chi connectivity index (χ1v) is 6.49. The second-order valence-electron chi connectivity index (χ2n) is 3.67. The van der Waals surface area contributed by atoms with Gasteiger partial charge in [0.2, 0.25) is 0 Å². The standard InChI is InChI=1S/C11H12F4N2O2S/c1-20-7-4-2-3-6(8(7)9(16)17-18)19-5-11(14,15)10(12)13/h2-4,10,18H,5H2,1H3,(H2,16,17). The Morgan fingerprint density at radius 2 is 2.15 bits per heavy atom. The van der Waals surface area contributed by atoms with Crippen LogP contribution in [0.25, 0.3) is 0 Å². The van der Waals surface area contributed by atoms with Crippen molar-refractivity contribution in [3.05, 3.63) is 23.8 Å². The molecular weight excluding hydrogens is 300 g/mol. The first-order chi connectivity index (χ1) is 9.33. The number of thioether (sulfide) groups is 1. The number of benzene rings is 1. The van der Waals surface area contributed by atoms with Crippen molar-refractivity contribution in [1.29, 1.82) is 0 Å². The molecule has 0 aromatic heterocycles. The summed E-state index contributed by atoms with van der Waals surface area (Å²) in [5, 5.41) is 11.5. The number of hydrogen-bond acceptors (Lipinski definition) is 4. The van der Waals surface area contributed by atoms with Crippen LogP contribution in [0, 0.1) is 0 Å². The topological polar surface area (TPSA) is 67.8 Å². The maximum Gasteiger partial charge on any atom is 0.340 e. The molecule has 112 valence electrons. The molecule has 3 N–H and O–H groups in total. The normalized spacial score (nSPS) is 12.8. The molecule has 1 rings (SSSR count). The summed E-state index contributed by atoms with van der Waals surface area (Å²) in [5.74, 6) is -4.80. The van der Waals surface area contributed by atoms with Crippen molar-refractivity contribution in [1.82, 2.24) is 0 Å². The lowest BCUT2D eigenvalue weighted by Crippen LogP contribution is -2.34. The van der Waals surface area contributed by atoms with Gasteiger partial charge < -0.3 is 15.7 Å². The van der Waals surface area contributed by atoms with Crippen LogP contribution in [0.15, 0.2) is 28.3 Å². The first-order valence-electron chi connectivity index (χ1n) is 5.27. The van der Waals surface area contributed by atoms with Crippen molar-refractivity contribution in [2.45, 2.75) is 17.2 Å². The minimum atomic E-state index is -4.28. The quantitative estimate of drug-likeness (QED) is 0.212. The predicted octanol–water partition coefficient (Wildman–Crippen LogP) is 2.78. The molecule has 9 heteroatoms. The average molecular weight is 312 g/mol. The van der Waals surface area contributed by atoms with Crippen LogP contribution in [0.3, 0.4) is 0 Å². The van der Waals surface area contributed by atoms with Gasteiger partial charge in [-0.2, -0.15) is 8.78 Å². The van der Waals surface area contributed by atoms with Crippen LogP contribution in [0.1, 0.15) is 5.56 Å². The van der Waals surface area contributed by atoms with Crippen molar-refractivity contribution in [2.75, 3.05) is 12.9 Å². The number of nitrogens with two attached hydrogens (primary N) is 1. The van der Waals surface area contributed by atoms with Gasteiger partial charge >= 0.3 is 12.3 Å². The highest BCUT2D eigenvalue weighted by Gasteiger charge is 2.42. The van der Waals surface area contributed by atoms with Crippen LogP contribution >= 0.6 is 11.8 Å². The van der Waals surface area contributed by atoms with Gasteiger partial charge in [-0.15, -0.1) is 11.8 Å². The van der Waals surface area contributed by atoms with Crippen LogP contribution < -0.4 is 10.5 Å². The Balaban J connectivity index is 3.07. The van der Waals surface area contributed by atoms with Crippen LogP contribution in [-0.2, 0) is 0 Å². The second kappa shape index (κ2) is 6.69. The largest absolute Gasteiger partial charge is 0.486 e. The van der Waals surface area contributed by atoms with E-state index in [9.17, 15) is 17.6 Å². The van der Waals surface area contributed by atoms with E-state index in [1.165, 1.54) is 23.9 Å². The minimum Gasteiger partial charge on any atom is -0.486 e. The molecule has 0 atom stereocenters. The number of ether oxygens (including phenoxy) is 1. The molecular formula is C11H12F4N2O2S. The van der Waals surface area contributed by atoms with Gasteiger partial charge in [-0.25, -0.2) is 8.78 Å². The summed E-state index contributed by atoms with van der Waals surface area (Å²) >= 11 is 1.21. The van der Waals surface area contributed by atoms with Gasteiger partial charge in [-0.1, -0.05) is 11.2 Å². The zero-order chi connectivity index (χ0) is 15.3. The summed E-state index contributed by atoms with van der Waals surface area (Å²) in [4.78, 5) is 0.498. The molecule has 0 unspecified atom stereocenters. The van der Waals surface area contributed by atoms with E-state index in [4.69, 9.17) is 15.7 Å². The van der Waals surface area contributed by atoms with E-state index in [1.54, 1.807) is 12.3 Å². The molecule has 0 spiro atoms. The number of hydrogen-bond donors (Lipinski definition) is 2. The number of amidine groups is 1. The summed E-state index contributed by atoms with van der Waals surface area (Å²) in [6, 6.07) is 4.35. The molecule has 1 aromatic carbocycles. The summed E-state index contributed by atoms with van der Waals surface area (Å²) in [7, 11) is 0. The van der Waals surface area contributed by atoms with Crippen LogP contribution in [-0.4, -0.2) is 36.3 Å². The lowest BCUT2D eigenvalue weighted by atomic mass is 10.2. The fourth-order valence-electron chi connectivity index (χ4n) is 1.34. The molecule has 0 aliphatic heterocycles. The zero-order valence-corrected chi connectivity index (χ0v) is 11.1. The molecule has 0 amide bonds. The van der Waals surface area contributed by atoms with Crippen molar-refractivity contribution < 1.29 is 27.5 Å². The monoisotopic (exact) mass is 312 g/mol. The molecule has 0 saturated carbocycles. The summed E-state index contributed by atoms with van der Waals surface area (Å²) in [5.41, 5.74) is 5.52. The molecule has 0 radical (unpaired) electrons. The fraction of sp³-hybridized carbons (Fsp3) is 0.364. The summed E-state index contributed by atoms with van der Waals surface area (Å²) in [6.45, 7) is -1.51. The van der Waals surface area contributed by atoms with Gasteiger partial charge in [-0.3, -0.25) is 0 Å². The lowest BCUT2D eigenvalue weighted by molar-refractivity contribution is -0.148. The van der Waals surface area contributed by atoms with E-state index in [-0.39, 0.29) is 17.1 Å². The Morgan fingerprint density at radius 3 is 2.65 bits per heavy atom. The highest BCUT2D eigenvalue weighted by Crippen LogP contribution is 2.31. The van der Waals surface area contributed by atoms with Crippen LogP contribution in [0.4, 0.5) is 17.6 Å². The molecule has 0 aliphatic carbocycles. The molecule has 20 heavy (non-hydrogen) atoms. The summed E-state index contributed by atoms with van der Waals surface area (Å²) < 4.78 is 54.5. The Bertz CT molecular complexity index is 497. The molecule has 0 fully saturated rings. The SMILES string of the molecule is CSc1cccc(OCC(F)(F)C(F)F)c1/C(N)=N/O. The molecule has 0 bridgehead atoms. The van der Waals surface area contributed by atoms with E-state index in [0.29, 0.717) is 4.90 Å². The van der Waals surface area contributed by atoms with Crippen LogP contribution in [0.5, 0.6) is 5.75 Å². The van der Waals surface area contributed by atoms with Gasteiger partial charge in [0.25, 0.3) is 0 Å². The van der Waals surface area contributed by atoms with E-state index in [0.717, 1.165) is 0 Å². The number of halogens is 4. The first kappa shape index (κ1) is 16.4. The highest BCUT2D eigenvalue weighted by molar-refractivity contribution is 7.98. The Labute approximate surface area is 116 Å². The summed E-state index contributed by atoms with van der Waals surface area (Å²) in [6.07, 6.45) is -2.15. The van der Waals surface area contributed by atoms with Crippen molar-refractivity contribution in [3.63, 3.8) is 0 Å². The van der Waals surface area contributed by atoms with Crippen molar-refractivity contribution in [2.24, 2.45) is 10.9 Å². The third-order valence-electron chi connectivity index (χ3n) is 2.31. The third-order valence-corrected chi connectivity index (χ3v) is 3.09. The van der Waals surface area contributed by atoms with E-state index in [1.807, 2.05) is 0 Å². The number of nitrogens with zero attached hydrogens (tertiary/aromatic N) is 1. The van der Waals surface area contributed by atoms with Gasteiger partial charge in [0, 0.05) is 4.90 Å². The molecule has 0 aliphatic rings. The minimum absolute atomic E-state index is 0.0765. The molecule has 1 aromatic rings. The van der Waals surface area contributed by atoms with Gasteiger partial charge in [0.1, 0.15) is 5.75 Å². The van der Waals surface area contributed by atoms with Crippen molar-refractivity contribution in [3.8, 4) is 5.75 Å². The molecule has 4 nitrogen and oxygen atoms in total. The Hall–Kier alpha value is -1.64. The average Bonchev–Trinajstić information content (AvgIpc) is 2.43. The smallest absolute Gasteiger partial charge is 0.340 e. The lowest BCUT2D eigenvalue weighted by Gasteiger charge is -2.18. The Morgan fingerprint density at radius 1 is 1.50 bits per heavy atom. The second-order valence-corrected chi connectivity index (χ2v) is 4.52. The number of rotatable bonds is 6. The van der Waals surface area contributed by atoms with E-state index in [2.05, 4.69) is 5.16 Å². The van der Waals surface area contributed by atoms with Gasteiger partial charge in [-0.05, 0) is 18.4 Å². The maximum absolute atomic E-state index is 12.8. The zero-order valence-electron chi connectivity index (χ0n) is 10.3. The predicted molar refractivity (Wildman–Crippen MR) is 67.2 cm³/mol. The van der Waals surface area contributed by atoms with Gasteiger partial charge in [0.15, 0.2) is 12.4 Å². The fourth-order valence-corrected chi connectivity index (χ4v) is 1.96.